The van der Waals surface area contributed by atoms with Crippen LogP contribution in [0.15, 0.2) is 131 Å². The van der Waals surface area contributed by atoms with Gasteiger partial charge in [0.1, 0.15) is 10.5 Å². The fourth-order valence-electron chi connectivity index (χ4n) is 4.46. The Labute approximate surface area is 252 Å². The Morgan fingerprint density at radius 3 is 1.15 bits per heavy atom. The zero-order valence-corrected chi connectivity index (χ0v) is 24.9. The molecule has 41 heavy (non-hydrogen) atoms. The largest absolute Gasteiger partial charge is 0.355 e. The second-order valence-corrected chi connectivity index (χ2v) is 12.2. The van der Waals surface area contributed by atoms with Gasteiger partial charge in [-0.2, -0.15) is 0 Å². The third kappa shape index (κ3) is 10.5. The maximum Gasteiger partial charge on any atom is 0.237 e. The van der Waals surface area contributed by atoms with E-state index in [4.69, 9.17) is 0 Å². The highest BCUT2D eigenvalue weighted by Crippen LogP contribution is 2.36. The highest BCUT2D eigenvalue weighted by atomic mass is 32.2. The molecule has 2 atom stereocenters. The van der Waals surface area contributed by atoms with Crippen molar-refractivity contribution >= 4 is 35.3 Å². The maximum absolute atomic E-state index is 13.1. The molecule has 4 rings (SSSR count). The minimum absolute atomic E-state index is 0.0501. The summed E-state index contributed by atoms with van der Waals surface area (Å²) >= 11 is 3.16. The lowest BCUT2D eigenvalue weighted by atomic mass is 10.1. The summed E-state index contributed by atoms with van der Waals surface area (Å²) in [5.41, 5.74) is 2.02. The minimum Gasteiger partial charge on any atom is -0.355 e. The summed E-state index contributed by atoms with van der Waals surface area (Å²) in [4.78, 5) is 28.3. The molecular weight excluding hydrogens is 545 g/mol. The number of carbonyl (C=O) groups excluding carboxylic acids is 2. The molecule has 0 aliphatic carbocycles. The standard InChI is InChI=1S/C35H38N2O2S2/c38-34(32(28-18-8-4-9-19-28)40-30-22-12-6-13-23-30)36-26-16-2-1-3-17-27-37-35(39)33(29-20-10-5-11-21-29)41-31-24-14-7-15-25-31/h4-15,18-25,32-33H,1-3,16-17,26-27H2,(H,36,38)(H,37,39). The van der Waals surface area contributed by atoms with E-state index in [0.29, 0.717) is 13.1 Å². The molecule has 0 spiro atoms. The summed E-state index contributed by atoms with van der Waals surface area (Å²) in [6.45, 7) is 1.34. The molecule has 0 aliphatic heterocycles. The molecule has 0 aliphatic rings. The van der Waals surface area contributed by atoms with E-state index in [0.717, 1.165) is 53.0 Å². The molecule has 0 fully saturated rings. The number of amides is 2. The van der Waals surface area contributed by atoms with Crippen molar-refractivity contribution in [3.8, 4) is 0 Å². The smallest absolute Gasteiger partial charge is 0.237 e. The van der Waals surface area contributed by atoms with Gasteiger partial charge < -0.3 is 10.6 Å². The molecule has 2 unspecified atom stereocenters. The van der Waals surface area contributed by atoms with Crippen LogP contribution in [0.1, 0.15) is 53.7 Å². The van der Waals surface area contributed by atoms with Gasteiger partial charge in [0, 0.05) is 22.9 Å². The van der Waals surface area contributed by atoms with E-state index in [-0.39, 0.29) is 22.3 Å². The normalized spacial score (nSPS) is 12.3. The van der Waals surface area contributed by atoms with Gasteiger partial charge in [-0.3, -0.25) is 9.59 Å². The number of carbonyl (C=O) groups is 2. The summed E-state index contributed by atoms with van der Waals surface area (Å²) in [6, 6.07) is 40.1. The van der Waals surface area contributed by atoms with Crippen molar-refractivity contribution in [2.75, 3.05) is 13.1 Å². The molecule has 0 saturated carbocycles. The molecular formula is C35H38N2O2S2. The second-order valence-electron chi connectivity index (χ2n) is 9.79. The van der Waals surface area contributed by atoms with Gasteiger partial charge in [-0.25, -0.2) is 0 Å². The van der Waals surface area contributed by atoms with Crippen LogP contribution in [-0.4, -0.2) is 24.9 Å². The summed E-state index contributed by atoms with van der Waals surface area (Å²) in [7, 11) is 0. The van der Waals surface area contributed by atoms with E-state index >= 15 is 0 Å². The van der Waals surface area contributed by atoms with Crippen LogP contribution < -0.4 is 10.6 Å². The minimum atomic E-state index is -0.276. The zero-order chi connectivity index (χ0) is 28.5. The van der Waals surface area contributed by atoms with E-state index in [2.05, 4.69) is 10.6 Å². The van der Waals surface area contributed by atoms with E-state index in [1.165, 1.54) is 0 Å². The first-order valence-electron chi connectivity index (χ1n) is 14.3. The number of unbranched alkanes of at least 4 members (excludes halogenated alkanes) is 4. The van der Waals surface area contributed by atoms with Crippen molar-refractivity contribution < 1.29 is 9.59 Å². The Hall–Kier alpha value is -3.48. The molecule has 212 valence electrons. The molecule has 0 heterocycles. The molecule has 0 radical (unpaired) electrons. The van der Waals surface area contributed by atoms with Crippen LogP contribution in [0.3, 0.4) is 0 Å². The average Bonchev–Trinajstić information content (AvgIpc) is 3.03. The van der Waals surface area contributed by atoms with E-state index in [9.17, 15) is 9.59 Å². The third-order valence-corrected chi connectivity index (χ3v) is 9.16. The Morgan fingerprint density at radius 1 is 0.463 bits per heavy atom. The van der Waals surface area contributed by atoms with Crippen molar-refractivity contribution in [1.29, 1.82) is 0 Å². The highest BCUT2D eigenvalue weighted by molar-refractivity contribution is 8.00. The van der Waals surface area contributed by atoms with Crippen LogP contribution in [0.25, 0.3) is 0 Å². The van der Waals surface area contributed by atoms with Crippen LogP contribution in [-0.2, 0) is 9.59 Å². The Kier molecular flexibility index (Phi) is 12.9. The van der Waals surface area contributed by atoms with Gasteiger partial charge in [-0.1, -0.05) is 116 Å². The predicted molar refractivity (Wildman–Crippen MR) is 172 cm³/mol. The Morgan fingerprint density at radius 2 is 0.780 bits per heavy atom. The molecule has 6 heteroatoms. The van der Waals surface area contributed by atoms with Crippen LogP contribution in [0, 0.1) is 0 Å². The van der Waals surface area contributed by atoms with Crippen LogP contribution in [0.4, 0.5) is 0 Å². The van der Waals surface area contributed by atoms with Gasteiger partial charge in [0.2, 0.25) is 11.8 Å². The van der Waals surface area contributed by atoms with Crippen molar-refractivity contribution in [2.24, 2.45) is 0 Å². The average molecular weight is 583 g/mol. The van der Waals surface area contributed by atoms with E-state index in [1.54, 1.807) is 23.5 Å². The molecule has 4 aromatic carbocycles. The lowest BCUT2D eigenvalue weighted by Gasteiger charge is -2.17. The predicted octanol–water partition coefficient (Wildman–Crippen LogP) is 8.24. The number of hydrogen-bond acceptors (Lipinski definition) is 4. The van der Waals surface area contributed by atoms with Crippen LogP contribution >= 0.6 is 23.5 Å². The highest BCUT2D eigenvalue weighted by Gasteiger charge is 2.22. The van der Waals surface area contributed by atoms with Crippen LogP contribution in [0.2, 0.25) is 0 Å². The van der Waals surface area contributed by atoms with Crippen molar-refractivity contribution in [3.63, 3.8) is 0 Å². The summed E-state index contributed by atoms with van der Waals surface area (Å²) in [5, 5.41) is 5.74. The monoisotopic (exact) mass is 582 g/mol. The summed E-state index contributed by atoms with van der Waals surface area (Å²) in [5.74, 6) is 0.100. The number of nitrogens with one attached hydrogen (secondary N) is 2. The van der Waals surface area contributed by atoms with E-state index in [1.807, 2.05) is 121 Å². The van der Waals surface area contributed by atoms with Crippen LogP contribution in [0.5, 0.6) is 0 Å². The summed E-state index contributed by atoms with van der Waals surface area (Å²) in [6.07, 6.45) is 5.06. The topological polar surface area (TPSA) is 58.2 Å². The van der Waals surface area contributed by atoms with Gasteiger partial charge in [-0.15, -0.1) is 23.5 Å². The Bertz CT molecular complexity index is 1200. The first-order valence-corrected chi connectivity index (χ1v) is 16.1. The summed E-state index contributed by atoms with van der Waals surface area (Å²) < 4.78 is 0. The quantitative estimate of drug-likeness (QED) is 0.103. The first kappa shape index (κ1) is 30.5. The molecule has 4 nitrogen and oxygen atoms in total. The maximum atomic E-state index is 13.1. The molecule has 2 amide bonds. The van der Waals surface area contributed by atoms with Gasteiger partial charge in [0.05, 0.1) is 0 Å². The van der Waals surface area contributed by atoms with Gasteiger partial charge in [0.15, 0.2) is 0 Å². The lowest BCUT2D eigenvalue weighted by molar-refractivity contribution is -0.121. The van der Waals surface area contributed by atoms with Crippen molar-refractivity contribution in [2.45, 2.75) is 52.4 Å². The third-order valence-electron chi connectivity index (χ3n) is 6.63. The number of hydrogen-bond donors (Lipinski definition) is 2. The number of benzene rings is 4. The second kappa shape index (κ2) is 17.4. The molecule has 0 saturated heterocycles. The zero-order valence-electron chi connectivity index (χ0n) is 23.3. The SMILES string of the molecule is O=C(NCCCCCCCNC(=O)C(Sc1ccccc1)c1ccccc1)C(Sc1ccccc1)c1ccccc1. The Balaban J connectivity index is 1.14. The fourth-order valence-corrected chi connectivity index (χ4v) is 6.60. The van der Waals surface area contributed by atoms with E-state index < -0.39 is 0 Å². The van der Waals surface area contributed by atoms with Gasteiger partial charge >= 0.3 is 0 Å². The first-order chi connectivity index (χ1) is 20.2. The number of rotatable bonds is 16. The molecule has 4 aromatic rings. The fraction of sp³-hybridized carbons (Fsp3) is 0.257. The molecule has 2 N–H and O–H groups in total. The van der Waals surface area contributed by atoms with Crippen molar-refractivity contribution in [3.05, 3.63) is 132 Å². The van der Waals surface area contributed by atoms with Gasteiger partial charge in [-0.05, 0) is 48.2 Å². The van der Waals surface area contributed by atoms with Gasteiger partial charge in [0.25, 0.3) is 0 Å². The molecule has 0 aromatic heterocycles. The molecule has 0 bridgehead atoms. The number of thioether (sulfide) groups is 2. The lowest BCUT2D eigenvalue weighted by Crippen LogP contribution is -2.29. The van der Waals surface area contributed by atoms with Crippen molar-refractivity contribution in [1.82, 2.24) is 10.6 Å².